The molecule has 0 aromatic heterocycles. The Morgan fingerprint density at radius 3 is 2.57 bits per heavy atom. The molecule has 1 aliphatic rings. The summed E-state index contributed by atoms with van der Waals surface area (Å²) in [6, 6.07) is 0. The number of rotatable bonds is 3. The van der Waals surface area contributed by atoms with E-state index in [1.807, 2.05) is 7.05 Å². The van der Waals surface area contributed by atoms with Crippen molar-refractivity contribution in [3.63, 3.8) is 0 Å². The van der Waals surface area contributed by atoms with Crippen LogP contribution < -0.4 is 5.32 Å². The van der Waals surface area contributed by atoms with Crippen molar-refractivity contribution in [3.05, 3.63) is 11.6 Å². The standard InChI is InChI=1S/C12H24N2/c1-12(2,3)11-5-8-14(9-6-11)10-7-13-4/h5,13H,6-10H2,1-4H3. The molecule has 1 aliphatic heterocycles. The lowest BCUT2D eigenvalue weighted by Gasteiger charge is -2.32. The zero-order valence-corrected chi connectivity index (χ0v) is 10.1. The summed E-state index contributed by atoms with van der Waals surface area (Å²) in [5, 5.41) is 3.19. The van der Waals surface area contributed by atoms with Gasteiger partial charge in [-0.1, -0.05) is 32.4 Å². The molecule has 0 amide bonds. The quantitative estimate of drug-likeness (QED) is 0.693. The molecule has 14 heavy (non-hydrogen) atoms. The molecule has 0 bridgehead atoms. The van der Waals surface area contributed by atoms with Gasteiger partial charge in [0.15, 0.2) is 0 Å². The van der Waals surface area contributed by atoms with Crippen LogP contribution in [0.15, 0.2) is 11.6 Å². The van der Waals surface area contributed by atoms with Crippen molar-refractivity contribution in [1.82, 2.24) is 10.2 Å². The van der Waals surface area contributed by atoms with E-state index in [2.05, 4.69) is 37.1 Å². The van der Waals surface area contributed by atoms with Crippen LogP contribution in [0.3, 0.4) is 0 Å². The van der Waals surface area contributed by atoms with Gasteiger partial charge in [0.1, 0.15) is 0 Å². The molecule has 82 valence electrons. The molecule has 1 rings (SSSR count). The summed E-state index contributed by atoms with van der Waals surface area (Å²) in [5.74, 6) is 0. The number of hydrogen-bond donors (Lipinski definition) is 1. The summed E-state index contributed by atoms with van der Waals surface area (Å²) in [5.41, 5.74) is 1.99. The normalized spacial score (nSPS) is 19.6. The van der Waals surface area contributed by atoms with Gasteiger partial charge >= 0.3 is 0 Å². The summed E-state index contributed by atoms with van der Waals surface area (Å²) in [4.78, 5) is 2.51. The topological polar surface area (TPSA) is 15.3 Å². The van der Waals surface area contributed by atoms with Crippen LogP contribution in [0.2, 0.25) is 0 Å². The molecular formula is C12H24N2. The summed E-state index contributed by atoms with van der Waals surface area (Å²) >= 11 is 0. The average molecular weight is 196 g/mol. The Hall–Kier alpha value is -0.340. The Labute approximate surface area is 88.4 Å². The Kier molecular flexibility index (Phi) is 4.14. The van der Waals surface area contributed by atoms with E-state index >= 15 is 0 Å². The van der Waals surface area contributed by atoms with E-state index in [0.29, 0.717) is 5.41 Å². The van der Waals surface area contributed by atoms with Gasteiger partial charge in [-0.3, -0.25) is 4.90 Å². The van der Waals surface area contributed by atoms with E-state index in [0.717, 1.165) is 13.1 Å². The Bertz CT molecular complexity index is 201. The number of likely N-dealkylation sites (N-methyl/N-ethyl adjacent to an activating group) is 1. The first-order chi connectivity index (χ1) is 6.54. The first-order valence-corrected chi connectivity index (χ1v) is 5.60. The summed E-state index contributed by atoms with van der Waals surface area (Å²) in [7, 11) is 2.01. The van der Waals surface area contributed by atoms with Crippen LogP contribution >= 0.6 is 0 Å². The molecule has 0 saturated carbocycles. The monoisotopic (exact) mass is 196 g/mol. The summed E-state index contributed by atoms with van der Waals surface area (Å²) < 4.78 is 0. The first kappa shape index (κ1) is 11.7. The van der Waals surface area contributed by atoms with Crippen molar-refractivity contribution >= 4 is 0 Å². The molecule has 2 heteroatoms. The molecule has 0 atom stereocenters. The maximum atomic E-state index is 3.19. The third-order valence-electron chi connectivity index (χ3n) is 2.93. The molecule has 0 aliphatic carbocycles. The number of nitrogens with one attached hydrogen (secondary N) is 1. The fourth-order valence-electron chi connectivity index (χ4n) is 1.87. The molecule has 0 aromatic carbocycles. The van der Waals surface area contributed by atoms with Gasteiger partial charge in [-0.25, -0.2) is 0 Å². The van der Waals surface area contributed by atoms with Crippen molar-refractivity contribution in [3.8, 4) is 0 Å². The third-order valence-corrected chi connectivity index (χ3v) is 2.93. The highest BCUT2D eigenvalue weighted by molar-refractivity contribution is 5.14. The Morgan fingerprint density at radius 1 is 1.43 bits per heavy atom. The van der Waals surface area contributed by atoms with Gasteiger partial charge < -0.3 is 5.32 Å². The van der Waals surface area contributed by atoms with E-state index < -0.39 is 0 Å². The average Bonchev–Trinajstić information content (AvgIpc) is 2.14. The summed E-state index contributed by atoms with van der Waals surface area (Å²) in [6.45, 7) is 11.6. The smallest absolute Gasteiger partial charge is 0.0166 e. The van der Waals surface area contributed by atoms with E-state index in [1.54, 1.807) is 5.57 Å². The number of nitrogens with zero attached hydrogens (tertiary/aromatic N) is 1. The van der Waals surface area contributed by atoms with E-state index in [1.165, 1.54) is 19.5 Å². The highest BCUT2D eigenvalue weighted by Crippen LogP contribution is 2.29. The predicted molar refractivity (Wildman–Crippen MR) is 62.5 cm³/mol. The third kappa shape index (κ3) is 3.43. The van der Waals surface area contributed by atoms with E-state index in [4.69, 9.17) is 0 Å². The van der Waals surface area contributed by atoms with Gasteiger partial charge in [0.2, 0.25) is 0 Å². The number of hydrogen-bond acceptors (Lipinski definition) is 2. The minimum Gasteiger partial charge on any atom is -0.318 e. The van der Waals surface area contributed by atoms with Crippen molar-refractivity contribution in [2.24, 2.45) is 5.41 Å². The molecule has 2 nitrogen and oxygen atoms in total. The van der Waals surface area contributed by atoms with Gasteiger partial charge in [0, 0.05) is 26.2 Å². The second-order valence-electron chi connectivity index (χ2n) is 5.13. The highest BCUT2D eigenvalue weighted by Gasteiger charge is 2.20. The minimum atomic E-state index is 0.370. The van der Waals surface area contributed by atoms with Gasteiger partial charge in [-0.15, -0.1) is 0 Å². The van der Waals surface area contributed by atoms with Crippen LogP contribution in [0, 0.1) is 5.41 Å². The van der Waals surface area contributed by atoms with E-state index in [-0.39, 0.29) is 0 Å². The van der Waals surface area contributed by atoms with Crippen molar-refractivity contribution < 1.29 is 0 Å². The fraction of sp³-hybridized carbons (Fsp3) is 0.833. The molecule has 0 aromatic rings. The molecule has 0 unspecified atom stereocenters. The zero-order chi connectivity index (χ0) is 10.6. The fourth-order valence-corrected chi connectivity index (χ4v) is 1.87. The highest BCUT2D eigenvalue weighted by atomic mass is 15.1. The van der Waals surface area contributed by atoms with Crippen molar-refractivity contribution in [1.29, 1.82) is 0 Å². The maximum Gasteiger partial charge on any atom is 0.0166 e. The summed E-state index contributed by atoms with van der Waals surface area (Å²) in [6.07, 6.45) is 3.66. The maximum absolute atomic E-state index is 3.19. The molecule has 0 fully saturated rings. The molecule has 1 N–H and O–H groups in total. The van der Waals surface area contributed by atoms with Crippen LogP contribution in [0.4, 0.5) is 0 Å². The molecule has 0 saturated heterocycles. The van der Waals surface area contributed by atoms with Crippen LogP contribution in [0.1, 0.15) is 27.2 Å². The van der Waals surface area contributed by atoms with Gasteiger partial charge in [0.25, 0.3) is 0 Å². The second-order valence-corrected chi connectivity index (χ2v) is 5.13. The Morgan fingerprint density at radius 2 is 2.14 bits per heavy atom. The SMILES string of the molecule is CNCCN1CC=C(C(C)(C)C)CC1. The minimum absolute atomic E-state index is 0.370. The lowest BCUT2D eigenvalue weighted by Crippen LogP contribution is -2.35. The van der Waals surface area contributed by atoms with Gasteiger partial charge in [-0.2, -0.15) is 0 Å². The second kappa shape index (κ2) is 4.94. The largest absolute Gasteiger partial charge is 0.318 e. The van der Waals surface area contributed by atoms with Crippen molar-refractivity contribution in [2.45, 2.75) is 27.2 Å². The van der Waals surface area contributed by atoms with Crippen LogP contribution in [0.5, 0.6) is 0 Å². The first-order valence-electron chi connectivity index (χ1n) is 5.60. The van der Waals surface area contributed by atoms with Crippen LogP contribution in [-0.2, 0) is 0 Å². The van der Waals surface area contributed by atoms with Crippen LogP contribution in [0.25, 0.3) is 0 Å². The Balaban J connectivity index is 2.39. The molecule has 0 spiro atoms. The molecule has 0 radical (unpaired) electrons. The lowest BCUT2D eigenvalue weighted by atomic mass is 9.83. The van der Waals surface area contributed by atoms with Crippen molar-refractivity contribution in [2.75, 3.05) is 33.2 Å². The van der Waals surface area contributed by atoms with E-state index in [9.17, 15) is 0 Å². The lowest BCUT2D eigenvalue weighted by molar-refractivity contribution is 0.280. The predicted octanol–water partition coefficient (Wildman–Crippen LogP) is 1.88. The van der Waals surface area contributed by atoms with Gasteiger partial charge in [0.05, 0.1) is 0 Å². The van der Waals surface area contributed by atoms with Gasteiger partial charge in [-0.05, 0) is 18.9 Å². The molecule has 1 heterocycles. The zero-order valence-electron chi connectivity index (χ0n) is 10.1. The van der Waals surface area contributed by atoms with Crippen LogP contribution in [-0.4, -0.2) is 38.1 Å². The molecular weight excluding hydrogens is 172 g/mol.